The molecule has 2 N–H and O–H groups in total. The van der Waals surface area contributed by atoms with E-state index < -0.39 is 0 Å². The fraction of sp³-hybridized carbons (Fsp3) is 0.412. The molecule has 0 amide bonds. The molecule has 0 fully saturated rings. The predicted octanol–water partition coefficient (Wildman–Crippen LogP) is 4.26. The van der Waals surface area contributed by atoms with E-state index in [9.17, 15) is 0 Å². The topological polar surface area (TPSA) is 49.8 Å². The van der Waals surface area contributed by atoms with Gasteiger partial charge in [0.2, 0.25) is 0 Å². The minimum atomic E-state index is 0.292. The van der Waals surface area contributed by atoms with E-state index >= 15 is 0 Å². The van der Waals surface area contributed by atoms with Crippen molar-refractivity contribution in [2.75, 3.05) is 17.7 Å². The van der Waals surface area contributed by atoms with Gasteiger partial charge in [-0.05, 0) is 31.0 Å². The van der Waals surface area contributed by atoms with E-state index in [-0.39, 0.29) is 0 Å². The fourth-order valence-electron chi connectivity index (χ4n) is 2.16. The summed E-state index contributed by atoms with van der Waals surface area (Å²) in [7, 11) is 1.89. The summed E-state index contributed by atoms with van der Waals surface area (Å²) in [5.74, 6) is 2.88. The Morgan fingerprint density at radius 3 is 2.48 bits per heavy atom. The quantitative estimate of drug-likeness (QED) is 0.861. The summed E-state index contributed by atoms with van der Waals surface area (Å²) in [6.45, 7) is 8.39. The maximum Gasteiger partial charge on any atom is 0.139 e. The van der Waals surface area contributed by atoms with Gasteiger partial charge in [-0.15, -0.1) is 0 Å². The molecule has 0 saturated carbocycles. The van der Waals surface area contributed by atoms with E-state index in [2.05, 4.69) is 65.6 Å². The minimum absolute atomic E-state index is 0.292. The zero-order chi connectivity index (χ0) is 15.4. The number of anilines is 3. The average Bonchev–Trinajstić information content (AvgIpc) is 2.49. The number of aryl methyl sites for hydroxylation is 1. The van der Waals surface area contributed by atoms with Crippen molar-refractivity contribution in [3.8, 4) is 0 Å². The van der Waals surface area contributed by atoms with Crippen LogP contribution in [0.1, 0.15) is 43.6 Å². The second-order valence-corrected chi connectivity index (χ2v) is 5.49. The van der Waals surface area contributed by atoms with Crippen LogP contribution in [0.3, 0.4) is 0 Å². The smallest absolute Gasteiger partial charge is 0.139 e. The normalized spacial score (nSPS) is 10.8. The van der Waals surface area contributed by atoms with Gasteiger partial charge in [0.25, 0.3) is 0 Å². The molecule has 0 spiro atoms. The summed E-state index contributed by atoms with van der Waals surface area (Å²) in [4.78, 5) is 9.23. The Morgan fingerprint density at radius 1 is 1.14 bits per heavy atom. The van der Waals surface area contributed by atoms with E-state index in [1.807, 2.05) is 14.0 Å². The Labute approximate surface area is 127 Å². The third-order valence-corrected chi connectivity index (χ3v) is 3.51. The summed E-state index contributed by atoms with van der Waals surface area (Å²) >= 11 is 0. The molecule has 2 aromatic rings. The highest BCUT2D eigenvalue weighted by Crippen LogP contribution is 2.26. The molecule has 0 unspecified atom stereocenters. The molecule has 1 aromatic heterocycles. The lowest BCUT2D eigenvalue weighted by atomic mass is 10.1. The van der Waals surface area contributed by atoms with Gasteiger partial charge in [0.05, 0.1) is 0 Å². The lowest BCUT2D eigenvalue weighted by Crippen LogP contribution is -2.08. The lowest BCUT2D eigenvalue weighted by molar-refractivity contribution is 0.775. The van der Waals surface area contributed by atoms with Crippen molar-refractivity contribution in [2.45, 2.75) is 40.0 Å². The number of rotatable bonds is 5. The predicted molar refractivity (Wildman–Crippen MR) is 89.5 cm³/mol. The van der Waals surface area contributed by atoms with Crippen molar-refractivity contribution >= 4 is 17.3 Å². The van der Waals surface area contributed by atoms with Gasteiger partial charge < -0.3 is 10.6 Å². The molecule has 4 heteroatoms. The van der Waals surface area contributed by atoms with Crippen molar-refractivity contribution in [1.82, 2.24) is 9.97 Å². The number of aromatic nitrogens is 2. The van der Waals surface area contributed by atoms with Crippen LogP contribution < -0.4 is 10.6 Å². The summed E-state index contributed by atoms with van der Waals surface area (Å²) < 4.78 is 0. The minimum Gasteiger partial charge on any atom is -0.373 e. The first-order chi connectivity index (χ1) is 10.0. The molecule has 0 bridgehead atoms. The number of nitrogens with one attached hydrogen (secondary N) is 2. The maximum absolute atomic E-state index is 4.67. The van der Waals surface area contributed by atoms with Crippen LogP contribution in [0.25, 0.3) is 0 Å². The second kappa shape index (κ2) is 6.57. The van der Waals surface area contributed by atoms with Gasteiger partial charge in [0, 0.05) is 24.2 Å². The van der Waals surface area contributed by atoms with Crippen LogP contribution in [0.15, 0.2) is 24.3 Å². The standard InChI is InChI=1S/C17H24N4/c1-6-13-8-7-9-14(10-13)19-17-12(4)16(18-5)20-15(21-17)11(2)3/h7-11H,6H2,1-5H3,(H2,18,19,20,21). The number of hydrogen-bond acceptors (Lipinski definition) is 4. The van der Waals surface area contributed by atoms with Gasteiger partial charge in [-0.1, -0.05) is 32.9 Å². The van der Waals surface area contributed by atoms with Crippen molar-refractivity contribution in [2.24, 2.45) is 0 Å². The molecular weight excluding hydrogens is 260 g/mol. The van der Waals surface area contributed by atoms with Crippen LogP contribution in [0.5, 0.6) is 0 Å². The molecule has 112 valence electrons. The van der Waals surface area contributed by atoms with Crippen LogP contribution in [-0.2, 0) is 6.42 Å². The molecule has 2 rings (SSSR count). The highest BCUT2D eigenvalue weighted by Gasteiger charge is 2.12. The Kier molecular flexibility index (Phi) is 4.78. The monoisotopic (exact) mass is 284 g/mol. The highest BCUT2D eigenvalue weighted by atomic mass is 15.1. The van der Waals surface area contributed by atoms with Crippen LogP contribution >= 0.6 is 0 Å². The van der Waals surface area contributed by atoms with Crippen molar-refractivity contribution in [3.05, 3.63) is 41.2 Å². The Bertz CT molecular complexity index is 620. The van der Waals surface area contributed by atoms with Gasteiger partial charge in [0.15, 0.2) is 0 Å². The van der Waals surface area contributed by atoms with E-state index in [0.717, 1.165) is 35.1 Å². The van der Waals surface area contributed by atoms with Gasteiger partial charge >= 0.3 is 0 Å². The molecule has 0 aliphatic heterocycles. The fourth-order valence-corrected chi connectivity index (χ4v) is 2.16. The molecular formula is C17H24N4. The van der Waals surface area contributed by atoms with Gasteiger partial charge in [0.1, 0.15) is 17.5 Å². The van der Waals surface area contributed by atoms with Crippen molar-refractivity contribution in [3.63, 3.8) is 0 Å². The third-order valence-electron chi connectivity index (χ3n) is 3.51. The lowest BCUT2D eigenvalue weighted by Gasteiger charge is -2.15. The third kappa shape index (κ3) is 3.51. The van der Waals surface area contributed by atoms with E-state index in [0.29, 0.717) is 5.92 Å². The second-order valence-electron chi connectivity index (χ2n) is 5.49. The molecule has 1 aromatic carbocycles. The first-order valence-electron chi connectivity index (χ1n) is 7.47. The molecule has 0 aliphatic carbocycles. The average molecular weight is 284 g/mol. The summed E-state index contributed by atoms with van der Waals surface area (Å²) in [5, 5.41) is 6.57. The van der Waals surface area contributed by atoms with E-state index in [1.54, 1.807) is 0 Å². The number of hydrogen-bond donors (Lipinski definition) is 2. The molecule has 0 radical (unpaired) electrons. The van der Waals surface area contributed by atoms with Crippen molar-refractivity contribution < 1.29 is 0 Å². The molecule has 0 saturated heterocycles. The van der Waals surface area contributed by atoms with Crippen LogP contribution in [-0.4, -0.2) is 17.0 Å². The van der Waals surface area contributed by atoms with Crippen LogP contribution in [0.4, 0.5) is 17.3 Å². The summed E-state index contributed by atoms with van der Waals surface area (Å²) in [5.41, 5.74) is 3.40. The maximum atomic E-state index is 4.67. The summed E-state index contributed by atoms with van der Waals surface area (Å²) in [6.07, 6.45) is 1.03. The summed E-state index contributed by atoms with van der Waals surface area (Å²) in [6, 6.07) is 8.43. The molecule has 1 heterocycles. The SMILES string of the molecule is CCc1cccc(Nc2nc(C(C)C)nc(NC)c2C)c1. The molecule has 4 nitrogen and oxygen atoms in total. The molecule has 0 atom stereocenters. The van der Waals surface area contributed by atoms with Crippen LogP contribution in [0, 0.1) is 6.92 Å². The van der Waals surface area contributed by atoms with Gasteiger partial charge in [-0.3, -0.25) is 0 Å². The first kappa shape index (κ1) is 15.3. The molecule has 0 aliphatic rings. The largest absolute Gasteiger partial charge is 0.373 e. The Hall–Kier alpha value is -2.10. The Morgan fingerprint density at radius 2 is 1.86 bits per heavy atom. The highest BCUT2D eigenvalue weighted by molar-refractivity contribution is 5.65. The zero-order valence-electron chi connectivity index (χ0n) is 13.5. The zero-order valence-corrected chi connectivity index (χ0v) is 13.5. The van der Waals surface area contributed by atoms with Gasteiger partial charge in [-0.2, -0.15) is 0 Å². The van der Waals surface area contributed by atoms with E-state index in [4.69, 9.17) is 0 Å². The first-order valence-corrected chi connectivity index (χ1v) is 7.47. The Balaban J connectivity index is 2.40. The van der Waals surface area contributed by atoms with Gasteiger partial charge in [-0.25, -0.2) is 9.97 Å². The number of benzene rings is 1. The van der Waals surface area contributed by atoms with Crippen molar-refractivity contribution in [1.29, 1.82) is 0 Å². The van der Waals surface area contributed by atoms with Crippen LogP contribution in [0.2, 0.25) is 0 Å². The van der Waals surface area contributed by atoms with E-state index in [1.165, 1.54) is 5.56 Å². The number of nitrogens with zero attached hydrogens (tertiary/aromatic N) is 2. The molecule has 21 heavy (non-hydrogen) atoms.